The number of aliphatic hydroxyl groups is 1. The van der Waals surface area contributed by atoms with E-state index >= 15 is 0 Å². The maximum absolute atomic E-state index is 10.1. The van der Waals surface area contributed by atoms with Crippen LogP contribution >= 0.6 is 0 Å². The van der Waals surface area contributed by atoms with Crippen LogP contribution in [0.5, 0.6) is 5.75 Å². The van der Waals surface area contributed by atoms with Crippen molar-refractivity contribution in [1.82, 2.24) is 0 Å². The molecule has 100 valence electrons. The van der Waals surface area contributed by atoms with Crippen molar-refractivity contribution in [2.24, 2.45) is 0 Å². The fraction of sp³-hybridized carbons (Fsp3) is 0.625. The molecule has 2 rings (SSSR count). The van der Waals surface area contributed by atoms with E-state index in [0.29, 0.717) is 0 Å². The van der Waals surface area contributed by atoms with E-state index in [-0.39, 0.29) is 17.6 Å². The van der Waals surface area contributed by atoms with Crippen molar-refractivity contribution in [3.8, 4) is 5.75 Å². The first-order valence-electron chi connectivity index (χ1n) is 6.93. The third kappa shape index (κ3) is 3.49. The van der Waals surface area contributed by atoms with Crippen LogP contribution in [-0.4, -0.2) is 16.8 Å². The highest BCUT2D eigenvalue weighted by atomic mass is 16.5. The molecule has 0 heterocycles. The summed E-state index contributed by atoms with van der Waals surface area (Å²) >= 11 is 0. The first-order valence-corrected chi connectivity index (χ1v) is 6.93. The highest BCUT2D eigenvalue weighted by Gasteiger charge is 2.25. The van der Waals surface area contributed by atoms with E-state index in [4.69, 9.17) is 4.74 Å². The molecule has 0 bridgehead atoms. The number of aliphatic hydroxyl groups excluding tert-OH is 1. The predicted molar refractivity (Wildman–Crippen MR) is 74.0 cm³/mol. The summed E-state index contributed by atoms with van der Waals surface area (Å²) in [6.45, 7) is 6.15. The van der Waals surface area contributed by atoms with Crippen molar-refractivity contribution in [2.75, 3.05) is 0 Å². The molecule has 2 atom stereocenters. The van der Waals surface area contributed by atoms with Crippen LogP contribution in [0.15, 0.2) is 24.3 Å². The zero-order chi connectivity index (χ0) is 13.2. The fourth-order valence-electron chi connectivity index (χ4n) is 2.66. The van der Waals surface area contributed by atoms with Crippen LogP contribution in [0.25, 0.3) is 0 Å². The molecule has 0 spiro atoms. The summed E-state index contributed by atoms with van der Waals surface area (Å²) in [6, 6.07) is 8.21. The summed E-state index contributed by atoms with van der Waals surface area (Å²) in [5, 5.41) is 10.1. The number of hydrogen-bond donors (Lipinski definition) is 1. The molecular formula is C16H24O2. The fourth-order valence-corrected chi connectivity index (χ4v) is 2.66. The second-order valence-corrected chi connectivity index (χ2v) is 6.25. The van der Waals surface area contributed by atoms with Gasteiger partial charge < -0.3 is 9.84 Å². The molecular weight excluding hydrogens is 224 g/mol. The minimum Gasteiger partial charge on any atom is -0.488 e. The van der Waals surface area contributed by atoms with Crippen molar-refractivity contribution >= 4 is 0 Å². The van der Waals surface area contributed by atoms with Gasteiger partial charge in [-0.1, -0.05) is 25.0 Å². The Morgan fingerprint density at radius 2 is 1.89 bits per heavy atom. The van der Waals surface area contributed by atoms with Gasteiger partial charge in [0.25, 0.3) is 0 Å². The first kappa shape index (κ1) is 13.4. The Morgan fingerprint density at radius 3 is 2.56 bits per heavy atom. The Kier molecular flexibility index (Phi) is 3.96. The van der Waals surface area contributed by atoms with E-state index in [1.54, 1.807) is 0 Å². The van der Waals surface area contributed by atoms with Gasteiger partial charge in [-0.2, -0.15) is 0 Å². The van der Waals surface area contributed by atoms with E-state index in [9.17, 15) is 5.11 Å². The van der Waals surface area contributed by atoms with Crippen molar-refractivity contribution in [1.29, 1.82) is 0 Å². The average Bonchev–Trinajstić information content (AvgIpc) is 2.27. The van der Waals surface area contributed by atoms with Gasteiger partial charge in [-0.15, -0.1) is 0 Å². The molecule has 1 fully saturated rings. The lowest BCUT2D eigenvalue weighted by Gasteiger charge is -2.29. The topological polar surface area (TPSA) is 29.5 Å². The Hall–Kier alpha value is -1.02. The standard InChI is InChI=1S/C16H24O2/c1-16(2,3)18-13-8-6-7-12(11-13)14-9-4-5-10-15(14)17/h6-8,11,14-15,17H,4-5,9-10H2,1-3H3/t14-,15+/m1/s1. The first-order chi connectivity index (χ1) is 8.46. The number of rotatable bonds is 2. The molecule has 2 nitrogen and oxygen atoms in total. The molecule has 2 heteroatoms. The molecule has 0 unspecified atom stereocenters. The van der Waals surface area contributed by atoms with Gasteiger partial charge in [-0.25, -0.2) is 0 Å². The van der Waals surface area contributed by atoms with Crippen molar-refractivity contribution < 1.29 is 9.84 Å². The van der Waals surface area contributed by atoms with Crippen LogP contribution < -0.4 is 4.74 Å². The molecule has 0 saturated heterocycles. The largest absolute Gasteiger partial charge is 0.488 e. The minimum atomic E-state index is -0.191. The van der Waals surface area contributed by atoms with E-state index in [0.717, 1.165) is 25.0 Å². The molecule has 18 heavy (non-hydrogen) atoms. The highest BCUT2D eigenvalue weighted by Crippen LogP contribution is 2.34. The zero-order valence-electron chi connectivity index (χ0n) is 11.6. The number of ether oxygens (including phenoxy) is 1. The van der Waals surface area contributed by atoms with Gasteiger partial charge in [0, 0.05) is 5.92 Å². The van der Waals surface area contributed by atoms with Crippen LogP contribution in [0.2, 0.25) is 0 Å². The quantitative estimate of drug-likeness (QED) is 0.860. The Labute approximate surface area is 110 Å². The van der Waals surface area contributed by atoms with Crippen LogP contribution in [0.4, 0.5) is 0 Å². The van der Waals surface area contributed by atoms with E-state index in [1.807, 2.05) is 12.1 Å². The molecule has 0 amide bonds. The smallest absolute Gasteiger partial charge is 0.120 e. The zero-order valence-corrected chi connectivity index (χ0v) is 11.6. The average molecular weight is 248 g/mol. The van der Waals surface area contributed by atoms with Crippen LogP contribution in [0.3, 0.4) is 0 Å². The summed E-state index contributed by atoms with van der Waals surface area (Å²) in [5.41, 5.74) is 1.04. The van der Waals surface area contributed by atoms with Gasteiger partial charge in [0.15, 0.2) is 0 Å². The van der Waals surface area contributed by atoms with Crippen LogP contribution in [0.1, 0.15) is 57.9 Å². The molecule has 1 N–H and O–H groups in total. The van der Waals surface area contributed by atoms with Gasteiger partial charge >= 0.3 is 0 Å². The summed E-state index contributed by atoms with van der Waals surface area (Å²) in [7, 11) is 0. The normalized spacial score (nSPS) is 24.9. The predicted octanol–water partition coefficient (Wildman–Crippen LogP) is 3.88. The SMILES string of the molecule is CC(C)(C)Oc1cccc([C@H]2CCCC[C@@H]2O)c1. The summed E-state index contributed by atoms with van der Waals surface area (Å²) in [5.74, 6) is 1.18. The lowest BCUT2D eigenvalue weighted by Crippen LogP contribution is -2.24. The number of hydrogen-bond acceptors (Lipinski definition) is 2. The summed E-state index contributed by atoms with van der Waals surface area (Å²) in [4.78, 5) is 0. The van der Waals surface area contributed by atoms with Gasteiger partial charge in [-0.3, -0.25) is 0 Å². The lowest BCUT2D eigenvalue weighted by atomic mass is 9.82. The van der Waals surface area contributed by atoms with Gasteiger partial charge in [0.1, 0.15) is 11.4 Å². The van der Waals surface area contributed by atoms with Crippen LogP contribution in [0, 0.1) is 0 Å². The Bertz CT molecular complexity index is 392. The Morgan fingerprint density at radius 1 is 1.17 bits per heavy atom. The second kappa shape index (κ2) is 5.31. The van der Waals surface area contributed by atoms with Gasteiger partial charge in [0.2, 0.25) is 0 Å². The molecule has 0 radical (unpaired) electrons. The van der Waals surface area contributed by atoms with E-state index in [1.165, 1.54) is 12.0 Å². The Balaban J connectivity index is 2.16. The maximum Gasteiger partial charge on any atom is 0.120 e. The van der Waals surface area contributed by atoms with Gasteiger partial charge in [0.05, 0.1) is 6.10 Å². The molecule has 1 aliphatic carbocycles. The van der Waals surface area contributed by atoms with E-state index < -0.39 is 0 Å². The highest BCUT2D eigenvalue weighted by molar-refractivity contribution is 5.32. The van der Waals surface area contributed by atoms with Crippen LogP contribution in [-0.2, 0) is 0 Å². The third-order valence-electron chi connectivity index (χ3n) is 3.44. The van der Waals surface area contributed by atoms with Crippen molar-refractivity contribution in [3.63, 3.8) is 0 Å². The van der Waals surface area contributed by atoms with E-state index in [2.05, 4.69) is 32.9 Å². The van der Waals surface area contributed by atoms with Crippen molar-refractivity contribution in [3.05, 3.63) is 29.8 Å². The molecule has 0 aromatic heterocycles. The molecule has 1 aromatic carbocycles. The molecule has 1 aromatic rings. The summed E-state index contributed by atoms with van der Waals surface area (Å²) < 4.78 is 5.89. The monoisotopic (exact) mass is 248 g/mol. The number of benzene rings is 1. The maximum atomic E-state index is 10.1. The second-order valence-electron chi connectivity index (χ2n) is 6.25. The lowest BCUT2D eigenvalue weighted by molar-refractivity contribution is 0.105. The minimum absolute atomic E-state index is 0.177. The third-order valence-corrected chi connectivity index (χ3v) is 3.44. The molecule has 0 aliphatic heterocycles. The van der Waals surface area contributed by atoms with Crippen molar-refractivity contribution in [2.45, 2.75) is 64.1 Å². The van der Waals surface area contributed by atoms with Gasteiger partial charge in [-0.05, 0) is 51.3 Å². The summed E-state index contributed by atoms with van der Waals surface area (Å²) in [6.07, 6.45) is 4.18. The molecule has 1 saturated carbocycles. The molecule has 1 aliphatic rings.